The SMILES string of the molecule is CCCC(Cc1cc(Br)ccc1F)NN. The largest absolute Gasteiger partial charge is 0.271 e. The summed E-state index contributed by atoms with van der Waals surface area (Å²) in [6.07, 6.45) is 2.60. The first kappa shape index (κ1) is 12.6. The van der Waals surface area contributed by atoms with Crippen LogP contribution >= 0.6 is 15.9 Å². The molecule has 0 aliphatic rings. The second-order valence-electron chi connectivity index (χ2n) is 3.59. The maximum absolute atomic E-state index is 13.4. The Morgan fingerprint density at radius 2 is 2.27 bits per heavy atom. The van der Waals surface area contributed by atoms with Crippen molar-refractivity contribution in [1.82, 2.24) is 5.43 Å². The lowest BCUT2D eigenvalue weighted by Crippen LogP contribution is -2.36. The highest BCUT2D eigenvalue weighted by Crippen LogP contribution is 2.17. The average Bonchev–Trinajstić information content (AvgIpc) is 2.22. The highest BCUT2D eigenvalue weighted by atomic mass is 79.9. The maximum atomic E-state index is 13.4. The molecule has 0 saturated heterocycles. The molecule has 0 amide bonds. The topological polar surface area (TPSA) is 38.0 Å². The van der Waals surface area contributed by atoms with E-state index in [0.29, 0.717) is 12.0 Å². The van der Waals surface area contributed by atoms with Gasteiger partial charge < -0.3 is 0 Å². The fourth-order valence-corrected chi connectivity index (χ4v) is 1.97. The molecular formula is C11H16BrFN2. The van der Waals surface area contributed by atoms with Crippen LogP contribution in [-0.2, 0) is 6.42 Å². The van der Waals surface area contributed by atoms with Gasteiger partial charge in [-0.05, 0) is 36.6 Å². The first-order valence-corrected chi connectivity index (χ1v) is 5.86. The van der Waals surface area contributed by atoms with Crippen molar-refractivity contribution in [1.29, 1.82) is 0 Å². The van der Waals surface area contributed by atoms with Gasteiger partial charge in [0.1, 0.15) is 5.82 Å². The van der Waals surface area contributed by atoms with Crippen molar-refractivity contribution >= 4 is 15.9 Å². The first-order chi connectivity index (χ1) is 7.17. The molecule has 4 heteroatoms. The molecule has 0 spiro atoms. The zero-order valence-electron chi connectivity index (χ0n) is 8.76. The Balaban J connectivity index is 2.73. The molecule has 1 atom stereocenters. The van der Waals surface area contributed by atoms with Crippen LogP contribution in [0.3, 0.4) is 0 Å². The van der Waals surface area contributed by atoms with Gasteiger partial charge >= 0.3 is 0 Å². The van der Waals surface area contributed by atoms with Gasteiger partial charge in [0.25, 0.3) is 0 Å². The molecule has 1 aromatic rings. The Kier molecular flexibility index (Phi) is 5.22. The highest BCUT2D eigenvalue weighted by molar-refractivity contribution is 9.10. The third-order valence-corrected chi connectivity index (χ3v) is 2.84. The number of hydrogen-bond acceptors (Lipinski definition) is 2. The van der Waals surface area contributed by atoms with E-state index in [0.717, 1.165) is 17.3 Å². The summed E-state index contributed by atoms with van der Waals surface area (Å²) in [6.45, 7) is 2.08. The Hall–Kier alpha value is -0.450. The van der Waals surface area contributed by atoms with Crippen molar-refractivity contribution in [3.8, 4) is 0 Å². The van der Waals surface area contributed by atoms with E-state index in [1.54, 1.807) is 12.1 Å². The van der Waals surface area contributed by atoms with Crippen LogP contribution in [0.4, 0.5) is 4.39 Å². The molecule has 1 unspecified atom stereocenters. The summed E-state index contributed by atoms with van der Waals surface area (Å²) in [4.78, 5) is 0. The Morgan fingerprint density at radius 1 is 1.53 bits per heavy atom. The lowest BCUT2D eigenvalue weighted by Gasteiger charge is -2.15. The Morgan fingerprint density at radius 3 is 2.87 bits per heavy atom. The molecule has 0 radical (unpaired) electrons. The quantitative estimate of drug-likeness (QED) is 0.640. The van der Waals surface area contributed by atoms with Crippen molar-refractivity contribution in [2.24, 2.45) is 5.84 Å². The molecule has 0 bridgehead atoms. The molecule has 15 heavy (non-hydrogen) atoms. The molecule has 1 rings (SSSR count). The molecule has 1 aromatic carbocycles. The van der Waals surface area contributed by atoms with Gasteiger partial charge in [-0.15, -0.1) is 0 Å². The van der Waals surface area contributed by atoms with Crippen LogP contribution in [0.5, 0.6) is 0 Å². The molecule has 84 valence electrons. The van der Waals surface area contributed by atoms with E-state index in [2.05, 4.69) is 28.3 Å². The zero-order valence-corrected chi connectivity index (χ0v) is 10.3. The van der Waals surface area contributed by atoms with Crippen LogP contribution in [0, 0.1) is 5.82 Å². The number of nitrogens with one attached hydrogen (secondary N) is 1. The zero-order chi connectivity index (χ0) is 11.3. The minimum absolute atomic E-state index is 0.138. The van der Waals surface area contributed by atoms with Gasteiger partial charge in [0, 0.05) is 10.5 Å². The normalized spacial score (nSPS) is 12.8. The maximum Gasteiger partial charge on any atom is 0.126 e. The number of hydrazine groups is 1. The molecule has 0 heterocycles. The molecule has 0 aliphatic carbocycles. The monoisotopic (exact) mass is 274 g/mol. The Labute approximate surface area is 98.1 Å². The Bertz CT molecular complexity index is 317. The van der Waals surface area contributed by atoms with E-state index in [1.165, 1.54) is 6.07 Å². The average molecular weight is 275 g/mol. The lowest BCUT2D eigenvalue weighted by molar-refractivity contribution is 0.475. The molecule has 0 aliphatic heterocycles. The minimum Gasteiger partial charge on any atom is -0.271 e. The second-order valence-corrected chi connectivity index (χ2v) is 4.51. The van der Waals surface area contributed by atoms with Crippen LogP contribution in [-0.4, -0.2) is 6.04 Å². The lowest BCUT2D eigenvalue weighted by atomic mass is 10.0. The van der Waals surface area contributed by atoms with Gasteiger partial charge in [0.05, 0.1) is 0 Å². The van der Waals surface area contributed by atoms with Crippen LogP contribution in [0.25, 0.3) is 0 Å². The van der Waals surface area contributed by atoms with E-state index in [9.17, 15) is 4.39 Å². The summed E-state index contributed by atoms with van der Waals surface area (Å²) in [5.74, 6) is 5.24. The fraction of sp³-hybridized carbons (Fsp3) is 0.455. The van der Waals surface area contributed by atoms with E-state index >= 15 is 0 Å². The van der Waals surface area contributed by atoms with Crippen LogP contribution in [0.2, 0.25) is 0 Å². The summed E-state index contributed by atoms with van der Waals surface area (Å²) in [5, 5.41) is 0. The summed E-state index contributed by atoms with van der Waals surface area (Å²) in [7, 11) is 0. The first-order valence-electron chi connectivity index (χ1n) is 5.07. The van der Waals surface area contributed by atoms with Gasteiger partial charge in [0.15, 0.2) is 0 Å². The van der Waals surface area contributed by atoms with Gasteiger partial charge in [-0.1, -0.05) is 29.3 Å². The smallest absolute Gasteiger partial charge is 0.126 e. The summed E-state index contributed by atoms with van der Waals surface area (Å²) >= 11 is 3.33. The van der Waals surface area contributed by atoms with E-state index in [-0.39, 0.29) is 11.9 Å². The summed E-state index contributed by atoms with van der Waals surface area (Å²) in [6, 6.07) is 5.11. The standard InChI is InChI=1S/C11H16BrFN2/c1-2-3-10(15-14)7-8-6-9(12)4-5-11(8)13/h4-6,10,15H,2-3,7,14H2,1H3. The van der Waals surface area contributed by atoms with Crippen LogP contribution in [0.1, 0.15) is 25.3 Å². The van der Waals surface area contributed by atoms with Gasteiger partial charge in [-0.3, -0.25) is 11.3 Å². The van der Waals surface area contributed by atoms with Gasteiger partial charge in [-0.25, -0.2) is 4.39 Å². The number of nitrogens with two attached hydrogens (primary N) is 1. The summed E-state index contributed by atoms with van der Waals surface area (Å²) < 4.78 is 14.3. The van der Waals surface area contributed by atoms with Gasteiger partial charge in [0.2, 0.25) is 0 Å². The second kappa shape index (κ2) is 6.20. The fourth-order valence-electron chi connectivity index (χ4n) is 1.56. The highest BCUT2D eigenvalue weighted by Gasteiger charge is 2.10. The van der Waals surface area contributed by atoms with Crippen molar-refractivity contribution in [2.45, 2.75) is 32.2 Å². The van der Waals surface area contributed by atoms with Crippen LogP contribution < -0.4 is 11.3 Å². The summed E-state index contributed by atoms with van der Waals surface area (Å²) in [5.41, 5.74) is 3.41. The van der Waals surface area contributed by atoms with Crippen LogP contribution in [0.15, 0.2) is 22.7 Å². The molecular weight excluding hydrogens is 259 g/mol. The minimum atomic E-state index is -0.172. The number of halogens is 2. The number of hydrogen-bond donors (Lipinski definition) is 2. The molecule has 0 saturated carbocycles. The van der Waals surface area contributed by atoms with E-state index < -0.39 is 0 Å². The molecule has 0 aromatic heterocycles. The van der Waals surface area contributed by atoms with Crippen molar-refractivity contribution < 1.29 is 4.39 Å². The van der Waals surface area contributed by atoms with E-state index in [1.807, 2.05) is 0 Å². The van der Waals surface area contributed by atoms with Crippen molar-refractivity contribution in [3.63, 3.8) is 0 Å². The number of rotatable bonds is 5. The van der Waals surface area contributed by atoms with E-state index in [4.69, 9.17) is 5.84 Å². The number of benzene rings is 1. The third kappa shape index (κ3) is 3.89. The van der Waals surface area contributed by atoms with Crippen molar-refractivity contribution in [3.05, 3.63) is 34.1 Å². The van der Waals surface area contributed by atoms with Gasteiger partial charge in [-0.2, -0.15) is 0 Å². The molecule has 3 N–H and O–H groups in total. The third-order valence-electron chi connectivity index (χ3n) is 2.35. The molecule has 0 fully saturated rings. The predicted octanol–water partition coefficient (Wildman–Crippen LogP) is 2.76. The van der Waals surface area contributed by atoms with Crippen molar-refractivity contribution in [2.75, 3.05) is 0 Å². The molecule has 2 nitrogen and oxygen atoms in total. The predicted molar refractivity (Wildman–Crippen MR) is 63.8 cm³/mol.